The molecule has 0 aliphatic heterocycles. The third-order valence-electron chi connectivity index (χ3n) is 2.72. The van der Waals surface area contributed by atoms with E-state index in [-0.39, 0.29) is 5.91 Å². The van der Waals surface area contributed by atoms with Crippen LogP contribution in [0.5, 0.6) is 0 Å². The predicted molar refractivity (Wildman–Crippen MR) is 82.3 cm³/mol. The van der Waals surface area contributed by atoms with Gasteiger partial charge in [-0.15, -0.1) is 0 Å². The summed E-state index contributed by atoms with van der Waals surface area (Å²) in [5.41, 5.74) is 1.97. The number of para-hydroxylation sites is 1. The third-order valence-corrected chi connectivity index (χ3v) is 3.75. The number of carbonyl (C=O) groups excluding carboxylic acids is 1. The summed E-state index contributed by atoms with van der Waals surface area (Å²) >= 11 is 2.13. The maximum atomic E-state index is 12.2. The molecule has 0 bridgehead atoms. The van der Waals surface area contributed by atoms with Gasteiger partial charge in [0.15, 0.2) is 5.69 Å². The average molecular weight is 363 g/mol. The molecule has 0 spiro atoms. The Kier molecular flexibility index (Phi) is 3.20. The summed E-state index contributed by atoms with van der Waals surface area (Å²) < 4.78 is 2.70. The van der Waals surface area contributed by atoms with Crippen molar-refractivity contribution in [3.63, 3.8) is 0 Å². The van der Waals surface area contributed by atoms with E-state index in [1.807, 2.05) is 59.1 Å². The molecule has 94 valence electrons. The van der Waals surface area contributed by atoms with Gasteiger partial charge in [-0.3, -0.25) is 9.20 Å². The molecule has 2 aromatic heterocycles. The molecule has 0 aliphatic carbocycles. The van der Waals surface area contributed by atoms with Crippen molar-refractivity contribution in [2.45, 2.75) is 0 Å². The first-order valence-electron chi connectivity index (χ1n) is 5.75. The second kappa shape index (κ2) is 5.00. The van der Waals surface area contributed by atoms with Gasteiger partial charge in [-0.1, -0.05) is 24.3 Å². The molecule has 19 heavy (non-hydrogen) atoms. The van der Waals surface area contributed by atoms with E-state index in [0.29, 0.717) is 5.69 Å². The number of benzene rings is 1. The fraction of sp³-hybridized carbons (Fsp3) is 0. The Hall–Kier alpha value is -1.89. The van der Waals surface area contributed by atoms with Crippen LogP contribution in [-0.4, -0.2) is 15.3 Å². The van der Waals surface area contributed by atoms with Gasteiger partial charge in [-0.25, -0.2) is 4.98 Å². The molecule has 2 heterocycles. The molecule has 3 rings (SSSR count). The molecule has 0 fully saturated rings. The smallest absolute Gasteiger partial charge is 0.277 e. The van der Waals surface area contributed by atoms with E-state index in [2.05, 4.69) is 32.9 Å². The Balaban J connectivity index is 1.96. The molecule has 0 aliphatic rings. The molecule has 1 aromatic carbocycles. The number of nitrogens with zero attached hydrogens (tertiary/aromatic N) is 2. The van der Waals surface area contributed by atoms with Crippen LogP contribution in [0.1, 0.15) is 10.5 Å². The third kappa shape index (κ3) is 2.33. The van der Waals surface area contributed by atoms with Crippen molar-refractivity contribution in [1.29, 1.82) is 0 Å². The van der Waals surface area contributed by atoms with E-state index >= 15 is 0 Å². The fourth-order valence-corrected chi connectivity index (χ4v) is 2.60. The summed E-state index contributed by atoms with van der Waals surface area (Å²) in [5.74, 6) is -0.195. The van der Waals surface area contributed by atoms with Crippen LogP contribution in [0.3, 0.4) is 0 Å². The zero-order valence-electron chi connectivity index (χ0n) is 9.88. The number of hydrogen-bond donors (Lipinski definition) is 1. The highest BCUT2D eigenvalue weighted by molar-refractivity contribution is 14.1. The van der Waals surface area contributed by atoms with Crippen LogP contribution in [0.25, 0.3) is 5.65 Å². The second-order valence-electron chi connectivity index (χ2n) is 4.00. The fourth-order valence-electron chi connectivity index (χ4n) is 1.82. The van der Waals surface area contributed by atoms with Gasteiger partial charge in [0.25, 0.3) is 5.91 Å². The van der Waals surface area contributed by atoms with Crippen LogP contribution in [0, 0.1) is 3.70 Å². The largest absolute Gasteiger partial charge is 0.321 e. The molecule has 4 nitrogen and oxygen atoms in total. The normalized spacial score (nSPS) is 10.6. The lowest BCUT2D eigenvalue weighted by Crippen LogP contribution is -2.13. The van der Waals surface area contributed by atoms with Gasteiger partial charge >= 0.3 is 0 Å². The van der Waals surface area contributed by atoms with Crippen molar-refractivity contribution in [2.24, 2.45) is 0 Å². The number of carbonyl (C=O) groups is 1. The molecule has 5 heteroatoms. The van der Waals surface area contributed by atoms with Crippen LogP contribution < -0.4 is 5.32 Å². The van der Waals surface area contributed by atoms with Crippen molar-refractivity contribution in [3.05, 3.63) is 64.1 Å². The van der Waals surface area contributed by atoms with Gasteiger partial charge in [0.1, 0.15) is 9.35 Å². The standard InChI is InChI=1S/C14H10IN3O/c15-13-12(17-11-8-4-5-9-18(11)13)14(19)16-10-6-2-1-3-7-10/h1-9H,(H,16,19). The number of rotatable bonds is 2. The summed E-state index contributed by atoms with van der Waals surface area (Å²) in [5, 5.41) is 2.84. The maximum absolute atomic E-state index is 12.2. The molecular weight excluding hydrogens is 353 g/mol. The Morgan fingerprint density at radius 1 is 1.11 bits per heavy atom. The average Bonchev–Trinajstić information content (AvgIpc) is 2.78. The number of nitrogens with one attached hydrogen (secondary N) is 1. The van der Waals surface area contributed by atoms with Gasteiger partial charge in [-0.05, 0) is 46.9 Å². The number of halogens is 1. The summed E-state index contributed by atoms with van der Waals surface area (Å²) in [6.07, 6.45) is 1.89. The highest BCUT2D eigenvalue weighted by atomic mass is 127. The van der Waals surface area contributed by atoms with E-state index in [4.69, 9.17) is 0 Å². The number of pyridine rings is 1. The quantitative estimate of drug-likeness (QED) is 0.711. The van der Waals surface area contributed by atoms with Gasteiger partial charge < -0.3 is 5.32 Å². The maximum Gasteiger partial charge on any atom is 0.277 e. The van der Waals surface area contributed by atoms with E-state index in [1.165, 1.54) is 0 Å². The lowest BCUT2D eigenvalue weighted by atomic mass is 10.3. The molecule has 0 saturated carbocycles. The van der Waals surface area contributed by atoms with E-state index in [9.17, 15) is 4.79 Å². The minimum absolute atomic E-state index is 0.195. The number of fused-ring (bicyclic) bond motifs is 1. The zero-order chi connectivity index (χ0) is 13.2. The number of hydrogen-bond acceptors (Lipinski definition) is 2. The molecule has 3 aromatic rings. The summed E-state index contributed by atoms with van der Waals surface area (Å²) in [4.78, 5) is 16.6. The molecule has 1 N–H and O–H groups in total. The highest BCUT2D eigenvalue weighted by Gasteiger charge is 2.16. The van der Waals surface area contributed by atoms with Crippen LogP contribution in [0.4, 0.5) is 5.69 Å². The van der Waals surface area contributed by atoms with Crippen molar-refractivity contribution in [3.8, 4) is 0 Å². The minimum Gasteiger partial charge on any atom is -0.321 e. The summed E-state index contributed by atoms with van der Waals surface area (Å²) in [6.45, 7) is 0. The van der Waals surface area contributed by atoms with Gasteiger partial charge in [-0.2, -0.15) is 0 Å². The Labute approximate surface area is 123 Å². The van der Waals surface area contributed by atoms with Gasteiger partial charge in [0, 0.05) is 11.9 Å². The molecule has 0 atom stereocenters. The SMILES string of the molecule is O=C(Nc1ccccc1)c1nc2ccccn2c1I. The van der Waals surface area contributed by atoms with E-state index in [0.717, 1.165) is 15.0 Å². The summed E-state index contributed by atoms with van der Waals surface area (Å²) in [7, 11) is 0. The monoisotopic (exact) mass is 363 g/mol. The van der Waals surface area contributed by atoms with E-state index < -0.39 is 0 Å². The lowest BCUT2D eigenvalue weighted by Gasteiger charge is -2.02. The van der Waals surface area contributed by atoms with Crippen molar-refractivity contribution < 1.29 is 4.79 Å². The van der Waals surface area contributed by atoms with Crippen molar-refractivity contribution >= 4 is 39.8 Å². The Morgan fingerprint density at radius 3 is 2.58 bits per heavy atom. The number of anilines is 1. The molecule has 0 radical (unpaired) electrons. The first-order chi connectivity index (χ1) is 9.25. The van der Waals surface area contributed by atoms with Crippen molar-refractivity contribution in [1.82, 2.24) is 9.38 Å². The number of imidazole rings is 1. The Bertz CT molecular complexity index is 737. The van der Waals surface area contributed by atoms with Crippen LogP contribution in [0.2, 0.25) is 0 Å². The topological polar surface area (TPSA) is 46.4 Å². The van der Waals surface area contributed by atoms with E-state index in [1.54, 1.807) is 0 Å². The van der Waals surface area contributed by atoms with Gasteiger partial charge in [0.2, 0.25) is 0 Å². The number of aromatic nitrogens is 2. The summed E-state index contributed by atoms with van der Waals surface area (Å²) in [6, 6.07) is 15.1. The first kappa shape index (κ1) is 12.2. The minimum atomic E-state index is -0.195. The molecular formula is C14H10IN3O. The number of amides is 1. The van der Waals surface area contributed by atoms with Crippen LogP contribution >= 0.6 is 22.6 Å². The lowest BCUT2D eigenvalue weighted by molar-refractivity contribution is 0.102. The zero-order valence-corrected chi connectivity index (χ0v) is 12.0. The van der Waals surface area contributed by atoms with Crippen LogP contribution in [-0.2, 0) is 0 Å². The van der Waals surface area contributed by atoms with Crippen LogP contribution in [0.15, 0.2) is 54.7 Å². The highest BCUT2D eigenvalue weighted by Crippen LogP contribution is 2.16. The van der Waals surface area contributed by atoms with Gasteiger partial charge in [0.05, 0.1) is 0 Å². The van der Waals surface area contributed by atoms with Crippen molar-refractivity contribution in [2.75, 3.05) is 5.32 Å². The molecule has 1 amide bonds. The molecule has 0 unspecified atom stereocenters. The molecule has 0 saturated heterocycles. The second-order valence-corrected chi connectivity index (χ2v) is 5.02. The predicted octanol–water partition coefficient (Wildman–Crippen LogP) is 3.19. The first-order valence-corrected chi connectivity index (χ1v) is 6.82. The Morgan fingerprint density at radius 2 is 1.84 bits per heavy atom.